The molecule has 0 aliphatic heterocycles. The van der Waals surface area contributed by atoms with E-state index in [-0.39, 0.29) is 9.41 Å². The van der Waals surface area contributed by atoms with Crippen molar-refractivity contribution in [3.05, 3.63) is 42.1 Å². The van der Waals surface area contributed by atoms with Gasteiger partial charge in [-0.05, 0) is 0 Å². The first-order chi connectivity index (χ1) is 8.35. The van der Waals surface area contributed by atoms with Gasteiger partial charge in [-0.15, -0.1) is 0 Å². The molecule has 0 heterocycles. The van der Waals surface area contributed by atoms with Crippen LogP contribution in [0.3, 0.4) is 0 Å². The van der Waals surface area contributed by atoms with Crippen molar-refractivity contribution >= 4 is 0 Å². The Hall–Kier alpha value is -0.310. The molecule has 3 heteroatoms. The molecule has 0 spiro atoms. The molecule has 2 aliphatic carbocycles. The van der Waals surface area contributed by atoms with Gasteiger partial charge in [-0.2, -0.15) is 0 Å². The molecule has 0 N–H and O–H groups in total. The van der Waals surface area contributed by atoms with Gasteiger partial charge in [0.05, 0.1) is 0 Å². The average molecular weight is 431 g/mol. The summed E-state index contributed by atoms with van der Waals surface area (Å²) < 4.78 is 3.75. The average Bonchev–Trinajstić information content (AvgIpc) is 2.92. The molecule has 0 bridgehead atoms. The first-order valence-electron chi connectivity index (χ1n) is 6.89. The third-order valence-electron chi connectivity index (χ3n) is 3.40. The minimum atomic E-state index is -0.683. The first kappa shape index (κ1) is 18.7. The predicted octanol–water partition coefficient (Wildman–Crippen LogP) is -0.895. The quantitative estimate of drug-likeness (QED) is 0.480. The van der Waals surface area contributed by atoms with Crippen LogP contribution in [0.15, 0.2) is 42.1 Å². The van der Waals surface area contributed by atoms with Gasteiger partial charge in [-0.1, -0.05) is 0 Å². The minimum Gasteiger partial charge on any atom is -1.00 e. The van der Waals surface area contributed by atoms with Gasteiger partial charge in [-0.3, -0.25) is 0 Å². The Morgan fingerprint density at radius 3 is 1.63 bits per heavy atom. The van der Waals surface area contributed by atoms with Gasteiger partial charge in [0.25, 0.3) is 0 Å². The van der Waals surface area contributed by atoms with E-state index in [9.17, 15) is 0 Å². The van der Waals surface area contributed by atoms with Gasteiger partial charge in [0, 0.05) is 0 Å². The van der Waals surface area contributed by atoms with Gasteiger partial charge < -0.3 is 9.41 Å². The normalized spacial score (nSPS) is 16.5. The zero-order chi connectivity index (χ0) is 12.1. The van der Waals surface area contributed by atoms with Crippen molar-refractivity contribution in [2.24, 2.45) is 0 Å². The van der Waals surface area contributed by atoms with Crippen molar-refractivity contribution in [2.75, 3.05) is 0 Å². The second-order valence-electron chi connectivity index (χ2n) is 4.85. The molecule has 0 aromatic carbocycles. The second-order valence-corrected chi connectivity index (χ2v) is 10.1. The van der Waals surface area contributed by atoms with E-state index in [1.165, 1.54) is 38.5 Å². The maximum atomic E-state index is 2.40. The molecule has 0 nitrogen and oxygen atoms in total. The number of halogens is 2. The topological polar surface area (TPSA) is 0 Å². The van der Waals surface area contributed by atoms with Crippen molar-refractivity contribution in [1.82, 2.24) is 0 Å². The fraction of sp³-hybridized carbons (Fsp3) is 0.500. The van der Waals surface area contributed by atoms with Gasteiger partial charge in [-0.25, -0.2) is 0 Å². The van der Waals surface area contributed by atoms with E-state index < -0.39 is 22.9 Å². The molecular formula is C16H22F2Hf. The molecule has 2 rings (SSSR count). The van der Waals surface area contributed by atoms with E-state index in [1.807, 2.05) is 6.66 Å². The molecule has 104 valence electrons. The van der Waals surface area contributed by atoms with Crippen LogP contribution in [0.1, 0.15) is 52.4 Å². The van der Waals surface area contributed by atoms with E-state index in [4.69, 9.17) is 0 Å². The van der Waals surface area contributed by atoms with Crippen LogP contribution in [0.2, 0.25) is 0 Å². The Morgan fingerprint density at radius 1 is 0.842 bits per heavy atom. The molecule has 0 radical (unpaired) electrons. The summed E-state index contributed by atoms with van der Waals surface area (Å²) >= 11 is -0.683. The molecule has 19 heavy (non-hydrogen) atoms. The standard InChI is InChI=1S/2C8H11.2FH.Hf/c2*1-2-5-8-6-3-4-7-8;;;/h2*3,6H,2,4-5H2,1H3;2*1H;/q;;;;+2/p-2. The Bertz CT molecular complexity index is 365. The number of allylic oxidation sites excluding steroid dienone is 8. The fourth-order valence-electron chi connectivity index (χ4n) is 2.55. The largest absolute Gasteiger partial charge is 1.00 e. The summed E-state index contributed by atoms with van der Waals surface area (Å²) in [6.45, 7) is 4.59. The van der Waals surface area contributed by atoms with E-state index >= 15 is 0 Å². The zero-order valence-electron chi connectivity index (χ0n) is 11.8. The SMILES string of the molecule is CCCC1=[C]([Hf+2][C]2=C(CCC)C=CC2)CC=C1.[F-].[F-]. The monoisotopic (exact) mass is 432 g/mol. The van der Waals surface area contributed by atoms with Crippen molar-refractivity contribution in [3.63, 3.8) is 0 Å². The minimum absolute atomic E-state index is 0. The molecule has 0 atom stereocenters. The number of hydrogen-bond acceptors (Lipinski definition) is 0. The van der Waals surface area contributed by atoms with Gasteiger partial charge in [0.2, 0.25) is 0 Å². The Balaban J connectivity index is 0.00000162. The van der Waals surface area contributed by atoms with Crippen molar-refractivity contribution in [1.29, 1.82) is 0 Å². The Kier molecular flexibility index (Phi) is 9.42. The molecule has 0 aromatic heterocycles. The van der Waals surface area contributed by atoms with Crippen LogP contribution in [0.4, 0.5) is 0 Å². The van der Waals surface area contributed by atoms with Crippen LogP contribution >= 0.6 is 0 Å². The maximum absolute atomic E-state index is 2.40. The van der Waals surface area contributed by atoms with Crippen LogP contribution in [0.25, 0.3) is 0 Å². The van der Waals surface area contributed by atoms with Crippen LogP contribution < -0.4 is 9.41 Å². The summed E-state index contributed by atoms with van der Waals surface area (Å²) in [6.07, 6.45) is 17.3. The van der Waals surface area contributed by atoms with E-state index in [0.717, 1.165) is 0 Å². The van der Waals surface area contributed by atoms with E-state index in [2.05, 4.69) is 38.2 Å². The summed E-state index contributed by atoms with van der Waals surface area (Å²) in [5.74, 6) is 0. The van der Waals surface area contributed by atoms with Crippen molar-refractivity contribution < 1.29 is 32.3 Å². The van der Waals surface area contributed by atoms with E-state index in [1.54, 1.807) is 11.1 Å². The zero-order valence-corrected chi connectivity index (χ0v) is 15.4. The third-order valence-corrected chi connectivity index (χ3v) is 9.34. The fourth-order valence-corrected chi connectivity index (χ4v) is 8.09. The Morgan fingerprint density at radius 2 is 1.26 bits per heavy atom. The summed E-state index contributed by atoms with van der Waals surface area (Å²) in [5.41, 5.74) is 3.40. The maximum Gasteiger partial charge on any atom is -1.00 e. The van der Waals surface area contributed by atoms with Crippen molar-refractivity contribution in [2.45, 2.75) is 52.4 Å². The van der Waals surface area contributed by atoms with Gasteiger partial charge >= 0.3 is 117 Å². The molecular weight excluding hydrogens is 409 g/mol. The molecule has 0 saturated carbocycles. The molecule has 0 amide bonds. The summed E-state index contributed by atoms with van der Waals surface area (Å²) in [5, 5.41) is 0. The third kappa shape index (κ3) is 4.94. The second kappa shape index (κ2) is 9.57. The van der Waals surface area contributed by atoms with Crippen LogP contribution in [-0.4, -0.2) is 0 Å². The van der Waals surface area contributed by atoms with Crippen LogP contribution in [0.5, 0.6) is 0 Å². The van der Waals surface area contributed by atoms with Crippen molar-refractivity contribution in [3.8, 4) is 0 Å². The first-order valence-corrected chi connectivity index (χ1v) is 10.5. The summed E-state index contributed by atoms with van der Waals surface area (Å²) in [4.78, 5) is 0. The molecule has 0 unspecified atom stereocenters. The number of hydrogen-bond donors (Lipinski definition) is 0. The smallest absolute Gasteiger partial charge is 1.00 e. The molecule has 0 aromatic rings. The number of rotatable bonds is 6. The van der Waals surface area contributed by atoms with Gasteiger partial charge in [0.1, 0.15) is 0 Å². The summed E-state index contributed by atoms with van der Waals surface area (Å²) in [6, 6.07) is 0. The van der Waals surface area contributed by atoms with Crippen LogP contribution in [-0.2, 0) is 22.9 Å². The van der Waals surface area contributed by atoms with E-state index in [0.29, 0.717) is 0 Å². The Labute approximate surface area is 126 Å². The summed E-state index contributed by atoms with van der Waals surface area (Å²) in [7, 11) is 0. The predicted molar refractivity (Wildman–Crippen MR) is 71.4 cm³/mol. The molecule has 2 aliphatic rings. The van der Waals surface area contributed by atoms with Gasteiger partial charge in [0.15, 0.2) is 0 Å². The molecule has 0 saturated heterocycles. The van der Waals surface area contributed by atoms with Crippen LogP contribution in [0, 0.1) is 0 Å². The molecule has 0 fully saturated rings.